The molecule has 3 aromatic rings. The summed E-state index contributed by atoms with van der Waals surface area (Å²) in [5.41, 5.74) is 2.96. The number of hydrogen-bond donors (Lipinski definition) is 1. The number of fused-ring (bicyclic) bond motifs is 2. The first kappa shape index (κ1) is 29.4. The number of piperidine rings is 1. The first-order valence-corrected chi connectivity index (χ1v) is 15.5. The Morgan fingerprint density at radius 2 is 1.77 bits per heavy atom. The minimum absolute atomic E-state index is 0.0419. The van der Waals surface area contributed by atoms with Crippen LogP contribution >= 0.6 is 0 Å². The van der Waals surface area contributed by atoms with E-state index < -0.39 is 5.60 Å². The third kappa shape index (κ3) is 4.83. The van der Waals surface area contributed by atoms with E-state index in [1.165, 1.54) is 0 Å². The van der Waals surface area contributed by atoms with E-state index in [-0.39, 0.29) is 41.8 Å². The van der Waals surface area contributed by atoms with Crippen molar-refractivity contribution in [1.29, 1.82) is 0 Å². The number of carbonyl (C=O) groups is 2. The molecule has 2 amide bonds. The van der Waals surface area contributed by atoms with Crippen molar-refractivity contribution >= 4 is 23.2 Å². The molecule has 7 heteroatoms. The van der Waals surface area contributed by atoms with Crippen LogP contribution in [0, 0.1) is 11.8 Å². The van der Waals surface area contributed by atoms with Crippen LogP contribution in [0.2, 0.25) is 0 Å². The Hall–Kier alpha value is -3.68. The molecule has 43 heavy (non-hydrogen) atoms. The summed E-state index contributed by atoms with van der Waals surface area (Å²) in [7, 11) is 1.66. The Labute approximate surface area is 254 Å². The SMILES string of the molecule is COc1ccc(C(C)(C)[C@@H]2[C@@H](CCO)O[C@]3(C(=O)N(Cc4ccccc4)c4ccc(N5CCCCC5=O)cc43)[C@H]2C)cc1. The Kier molecular flexibility index (Phi) is 7.82. The Balaban J connectivity index is 1.48. The third-order valence-corrected chi connectivity index (χ3v) is 10.1. The summed E-state index contributed by atoms with van der Waals surface area (Å²) < 4.78 is 12.4. The number of nitrogens with zero attached hydrogens (tertiary/aromatic N) is 2. The number of rotatable bonds is 8. The molecule has 3 heterocycles. The smallest absolute Gasteiger partial charge is 0.264 e. The zero-order chi connectivity index (χ0) is 30.4. The predicted molar refractivity (Wildman–Crippen MR) is 167 cm³/mol. The van der Waals surface area contributed by atoms with E-state index in [4.69, 9.17) is 9.47 Å². The molecule has 0 aliphatic carbocycles. The summed E-state index contributed by atoms with van der Waals surface area (Å²) in [5.74, 6) is 0.511. The maximum atomic E-state index is 14.8. The van der Waals surface area contributed by atoms with Crippen molar-refractivity contribution in [3.8, 4) is 5.75 Å². The second kappa shape index (κ2) is 11.4. The normalized spacial score (nSPS) is 25.5. The van der Waals surface area contributed by atoms with Crippen LogP contribution in [0.3, 0.4) is 0 Å². The number of ether oxygens (including phenoxy) is 2. The molecule has 1 N–H and O–H groups in total. The fourth-order valence-corrected chi connectivity index (χ4v) is 7.87. The van der Waals surface area contributed by atoms with E-state index in [0.29, 0.717) is 25.9 Å². The van der Waals surface area contributed by atoms with Crippen LogP contribution in [-0.2, 0) is 31.9 Å². The number of aliphatic hydroxyl groups is 1. The van der Waals surface area contributed by atoms with Crippen LogP contribution in [-0.4, -0.2) is 43.3 Å². The summed E-state index contributed by atoms with van der Waals surface area (Å²) in [6.45, 7) is 7.58. The van der Waals surface area contributed by atoms with Gasteiger partial charge in [-0.3, -0.25) is 9.59 Å². The molecule has 1 spiro atoms. The Morgan fingerprint density at radius 1 is 1.02 bits per heavy atom. The van der Waals surface area contributed by atoms with Crippen molar-refractivity contribution in [1.82, 2.24) is 0 Å². The van der Waals surface area contributed by atoms with Crippen molar-refractivity contribution in [2.45, 2.75) is 70.1 Å². The monoisotopic (exact) mass is 582 g/mol. The summed E-state index contributed by atoms with van der Waals surface area (Å²) >= 11 is 0. The van der Waals surface area contributed by atoms with Crippen molar-refractivity contribution in [2.75, 3.05) is 30.1 Å². The number of methoxy groups -OCH3 is 1. The van der Waals surface area contributed by atoms with Gasteiger partial charge in [-0.15, -0.1) is 0 Å². The second-order valence-corrected chi connectivity index (χ2v) is 12.7. The summed E-state index contributed by atoms with van der Waals surface area (Å²) in [5, 5.41) is 10.2. The fraction of sp³-hybridized carbons (Fsp3) is 0.444. The van der Waals surface area contributed by atoms with Crippen molar-refractivity contribution in [3.05, 3.63) is 89.5 Å². The number of aliphatic hydroxyl groups excluding tert-OH is 1. The number of amides is 2. The molecule has 4 atom stereocenters. The van der Waals surface area contributed by atoms with E-state index >= 15 is 0 Å². The summed E-state index contributed by atoms with van der Waals surface area (Å²) in [4.78, 5) is 31.5. The van der Waals surface area contributed by atoms with Gasteiger partial charge in [0, 0.05) is 42.7 Å². The molecule has 0 unspecified atom stereocenters. The average Bonchev–Trinajstić information content (AvgIpc) is 3.44. The highest BCUT2D eigenvalue weighted by Crippen LogP contribution is 2.60. The molecule has 0 saturated carbocycles. The molecule has 3 aliphatic heterocycles. The maximum absolute atomic E-state index is 14.8. The van der Waals surface area contributed by atoms with Crippen LogP contribution < -0.4 is 14.5 Å². The van der Waals surface area contributed by atoms with Crippen LogP contribution in [0.25, 0.3) is 0 Å². The van der Waals surface area contributed by atoms with Gasteiger partial charge in [0.2, 0.25) is 5.91 Å². The van der Waals surface area contributed by atoms with Crippen molar-refractivity contribution in [2.24, 2.45) is 11.8 Å². The topological polar surface area (TPSA) is 79.3 Å². The molecule has 0 aromatic heterocycles. The molecule has 3 aromatic carbocycles. The van der Waals surface area contributed by atoms with Crippen molar-refractivity contribution in [3.63, 3.8) is 0 Å². The van der Waals surface area contributed by atoms with E-state index in [0.717, 1.165) is 46.7 Å². The number of hydrogen-bond acceptors (Lipinski definition) is 5. The zero-order valence-electron chi connectivity index (χ0n) is 25.6. The highest BCUT2D eigenvalue weighted by molar-refractivity contribution is 6.08. The van der Waals surface area contributed by atoms with E-state index in [9.17, 15) is 14.7 Å². The Morgan fingerprint density at radius 3 is 2.44 bits per heavy atom. The van der Waals surface area contributed by atoms with Crippen LogP contribution in [0.5, 0.6) is 5.75 Å². The van der Waals surface area contributed by atoms with Crippen LogP contribution in [0.15, 0.2) is 72.8 Å². The fourth-order valence-electron chi connectivity index (χ4n) is 7.87. The molecular formula is C36H42N2O5. The number of anilines is 2. The quantitative estimate of drug-likeness (QED) is 0.354. The standard InChI is InChI=1S/C36H42N2O5/c1-24-33(35(2,3)26-13-16-28(42-4)17-14-26)31(19-21-39)43-36(24)29-22-27(37-20-9-8-12-32(37)40)15-18-30(29)38(34(36)41)23-25-10-6-5-7-11-25/h5-7,10-11,13-18,22,24,31,33,39H,8-9,12,19-21,23H2,1-4H3/t24-,31+,33-,36+/m0/s1. The number of carbonyl (C=O) groups excluding carboxylic acids is 2. The average molecular weight is 583 g/mol. The lowest BCUT2D eigenvalue weighted by atomic mass is 9.63. The molecule has 7 nitrogen and oxygen atoms in total. The number of benzene rings is 3. The van der Waals surface area contributed by atoms with Gasteiger partial charge >= 0.3 is 0 Å². The predicted octanol–water partition coefficient (Wildman–Crippen LogP) is 5.97. The lowest BCUT2D eigenvalue weighted by molar-refractivity contribution is -0.146. The first-order chi connectivity index (χ1) is 20.7. The lowest BCUT2D eigenvalue weighted by Crippen LogP contribution is -2.45. The molecule has 0 radical (unpaired) electrons. The van der Waals surface area contributed by atoms with Gasteiger partial charge in [-0.05, 0) is 66.1 Å². The van der Waals surface area contributed by atoms with Gasteiger partial charge in [0.05, 0.1) is 25.4 Å². The van der Waals surface area contributed by atoms with Gasteiger partial charge in [0.1, 0.15) is 5.75 Å². The molecule has 226 valence electrons. The highest BCUT2D eigenvalue weighted by atomic mass is 16.5. The van der Waals surface area contributed by atoms with Gasteiger partial charge < -0.3 is 24.4 Å². The van der Waals surface area contributed by atoms with Gasteiger partial charge in [-0.2, -0.15) is 0 Å². The third-order valence-electron chi connectivity index (χ3n) is 10.1. The van der Waals surface area contributed by atoms with Gasteiger partial charge in [0.15, 0.2) is 5.60 Å². The first-order valence-electron chi connectivity index (χ1n) is 15.5. The summed E-state index contributed by atoms with van der Waals surface area (Å²) in [6.07, 6.45) is 2.45. The zero-order valence-corrected chi connectivity index (χ0v) is 25.6. The van der Waals surface area contributed by atoms with Gasteiger partial charge in [-0.25, -0.2) is 0 Å². The largest absolute Gasteiger partial charge is 0.497 e. The molecule has 2 saturated heterocycles. The van der Waals surface area contributed by atoms with Gasteiger partial charge in [0.25, 0.3) is 5.91 Å². The van der Waals surface area contributed by atoms with E-state index in [2.05, 4.69) is 32.9 Å². The minimum Gasteiger partial charge on any atom is -0.497 e. The van der Waals surface area contributed by atoms with Crippen LogP contribution in [0.4, 0.5) is 11.4 Å². The summed E-state index contributed by atoms with van der Waals surface area (Å²) in [6, 6.07) is 24.1. The molecule has 0 bridgehead atoms. The van der Waals surface area contributed by atoms with Crippen LogP contribution in [0.1, 0.15) is 63.1 Å². The van der Waals surface area contributed by atoms with E-state index in [1.807, 2.05) is 70.5 Å². The van der Waals surface area contributed by atoms with Crippen molar-refractivity contribution < 1.29 is 24.2 Å². The molecule has 6 rings (SSSR count). The molecular weight excluding hydrogens is 540 g/mol. The van der Waals surface area contributed by atoms with Gasteiger partial charge in [-0.1, -0.05) is 63.2 Å². The van der Waals surface area contributed by atoms with E-state index in [1.54, 1.807) is 7.11 Å². The Bertz CT molecular complexity index is 1490. The maximum Gasteiger partial charge on any atom is 0.264 e. The molecule has 3 aliphatic rings. The lowest BCUT2D eigenvalue weighted by Gasteiger charge is -2.38. The highest BCUT2D eigenvalue weighted by Gasteiger charge is 2.66. The second-order valence-electron chi connectivity index (χ2n) is 12.7. The molecule has 2 fully saturated rings. The minimum atomic E-state index is -1.24.